The number of hydrogen-bond acceptors (Lipinski definition) is 4. The molecule has 1 aromatic heterocycles. The number of carbonyl (C=O) groups is 1. The molecule has 0 saturated carbocycles. The van der Waals surface area contributed by atoms with Crippen molar-refractivity contribution < 1.29 is 9.90 Å². The van der Waals surface area contributed by atoms with Crippen molar-refractivity contribution in [3.8, 4) is 5.75 Å². The Labute approximate surface area is 144 Å². The van der Waals surface area contributed by atoms with Gasteiger partial charge in [-0.1, -0.05) is 24.3 Å². The van der Waals surface area contributed by atoms with Crippen molar-refractivity contribution in [2.24, 2.45) is 0 Å². The molecule has 0 unspecified atom stereocenters. The molecule has 6 nitrogen and oxygen atoms in total. The number of nitrogens with zero attached hydrogens (tertiary/aromatic N) is 2. The number of benzene rings is 2. The number of nitrogens with one attached hydrogen (secondary N) is 1. The number of H-pyrrole nitrogens is 1. The molecular weight excluding hydrogens is 318 g/mol. The molecule has 0 atom stereocenters. The van der Waals surface area contributed by atoms with E-state index in [0.717, 1.165) is 5.56 Å². The van der Waals surface area contributed by atoms with Gasteiger partial charge in [0.25, 0.3) is 5.56 Å². The maximum atomic E-state index is 12.5. The van der Waals surface area contributed by atoms with Crippen LogP contribution in [0.1, 0.15) is 18.3 Å². The fraction of sp³-hybridized carbons (Fsp3) is 0.211. The standard InChI is InChI=1S/C19H19N3O3/c1-2-22(18(24)11-13-7-9-14(23)10-8-13)12-17-20-16-6-4-3-5-15(16)19(25)21-17/h3-10,23H,2,11-12H2,1H3,(H,20,21,25). The summed E-state index contributed by atoms with van der Waals surface area (Å²) in [5.41, 5.74) is 1.23. The maximum Gasteiger partial charge on any atom is 0.258 e. The second-order valence-corrected chi connectivity index (χ2v) is 5.78. The zero-order valence-corrected chi connectivity index (χ0v) is 13.9. The summed E-state index contributed by atoms with van der Waals surface area (Å²) in [5.74, 6) is 0.565. The molecule has 2 N–H and O–H groups in total. The van der Waals surface area contributed by atoms with Gasteiger partial charge in [0.1, 0.15) is 11.6 Å². The second kappa shape index (κ2) is 7.17. The first-order valence-corrected chi connectivity index (χ1v) is 8.10. The lowest BCUT2D eigenvalue weighted by Crippen LogP contribution is -2.33. The van der Waals surface area contributed by atoms with E-state index >= 15 is 0 Å². The number of fused-ring (bicyclic) bond motifs is 1. The van der Waals surface area contributed by atoms with Crippen molar-refractivity contribution in [2.75, 3.05) is 6.54 Å². The van der Waals surface area contributed by atoms with E-state index in [1.165, 1.54) is 0 Å². The average Bonchev–Trinajstić information content (AvgIpc) is 2.61. The van der Waals surface area contributed by atoms with Crippen LogP contribution in [0.4, 0.5) is 0 Å². The van der Waals surface area contributed by atoms with Gasteiger partial charge in [-0.25, -0.2) is 4.98 Å². The van der Waals surface area contributed by atoms with Crippen LogP contribution in [0.5, 0.6) is 5.75 Å². The molecule has 25 heavy (non-hydrogen) atoms. The largest absolute Gasteiger partial charge is 0.508 e. The van der Waals surface area contributed by atoms with Gasteiger partial charge in [0.15, 0.2) is 0 Å². The van der Waals surface area contributed by atoms with E-state index in [1.807, 2.05) is 13.0 Å². The Balaban J connectivity index is 1.78. The Kier molecular flexibility index (Phi) is 4.79. The fourth-order valence-corrected chi connectivity index (χ4v) is 2.67. The van der Waals surface area contributed by atoms with Crippen LogP contribution in [0.15, 0.2) is 53.3 Å². The number of aromatic amines is 1. The molecular formula is C19H19N3O3. The number of amides is 1. The molecule has 0 radical (unpaired) electrons. The van der Waals surface area contributed by atoms with Gasteiger partial charge in [-0.15, -0.1) is 0 Å². The van der Waals surface area contributed by atoms with E-state index in [-0.39, 0.29) is 30.2 Å². The van der Waals surface area contributed by atoms with E-state index < -0.39 is 0 Å². The average molecular weight is 337 g/mol. The number of carbonyl (C=O) groups excluding carboxylic acids is 1. The molecule has 0 aliphatic heterocycles. The van der Waals surface area contributed by atoms with Crippen molar-refractivity contribution in [1.29, 1.82) is 0 Å². The van der Waals surface area contributed by atoms with Gasteiger partial charge < -0.3 is 15.0 Å². The smallest absolute Gasteiger partial charge is 0.258 e. The lowest BCUT2D eigenvalue weighted by atomic mass is 10.1. The van der Waals surface area contributed by atoms with Crippen molar-refractivity contribution in [2.45, 2.75) is 19.9 Å². The lowest BCUT2D eigenvalue weighted by Gasteiger charge is -2.20. The zero-order chi connectivity index (χ0) is 17.8. The summed E-state index contributed by atoms with van der Waals surface area (Å²) in [7, 11) is 0. The highest BCUT2D eigenvalue weighted by molar-refractivity contribution is 5.79. The van der Waals surface area contributed by atoms with Gasteiger partial charge in [0, 0.05) is 6.54 Å². The first-order chi connectivity index (χ1) is 12.1. The first kappa shape index (κ1) is 16.7. The minimum Gasteiger partial charge on any atom is -0.508 e. The van der Waals surface area contributed by atoms with Gasteiger partial charge in [-0.05, 0) is 36.8 Å². The van der Waals surface area contributed by atoms with E-state index in [9.17, 15) is 14.7 Å². The highest BCUT2D eigenvalue weighted by Crippen LogP contribution is 2.12. The number of likely N-dealkylation sites (N-methyl/N-ethyl adjacent to an activating group) is 1. The normalized spacial score (nSPS) is 10.8. The summed E-state index contributed by atoms with van der Waals surface area (Å²) in [6.07, 6.45) is 0.228. The molecule has 3 rings (SSSR count). The predicted octanol–water partition coefficient (Wildman–Crippen LogP) is 2.22. The molecule has 6 heteroatoms. The molecule has 0 saturated heterocycles. The number of para-hydroxylation sites is 1. The van der Waals surface area contributed by atoms with Crippen molar-refractivity contribution in [3.63, 3.8) is 0 Å². The van der Waals surface area contributed by atoms with E-state index in [1.54, 1.807) is 47.4 Å². The van der Waals surface area contributed by atoms with Crippen molar-refractivity contribution in [1.82, 2.24) is 14.9 Å². The Hall–Kier alpha value is -3.15. The van der Waals surface area contributed by atoms with E-state index in [0.29, 0.717) is 23.3 Å². The maximum absolute atomic E-state index is 12.5. The van der Waals surface area contributed by atoms with Crippen LogP contribution < -0.4 is 5.56 Å². The Bertz CT molecular complexity index is 948. The quantitative estimate of drug-likeness (QED) is 0.747. The minimum absolute atomic E-state index is 0.0657. The number of rotatable bonds is 5. The number of phenolic OH excluding ortho intramolecular Hbond substituents is 1. The van der Waals surface area contributed by atoms with Gasteiger partial charge >= 0.3 is 0 Å². The van der Waals surface area contributed by atoms with Gasteiger partial charge in [-0.3, -0.25) is 9.59 Å². The van der Waals surface area contributed by atoms with Crippen LogP contribution in [-0.2, 0) is 17.8 Å². The number of hydrogen-bond donors (Lipinski definition) is 2. The third-order valence-corrected chi connectivity index (χ3v) is 4.03. The summed E-state index contributed by atoms with van der Waals surface area (Å²) in [6.45, 7) is 2.63. The Morgan fingerprint density at radius 3 is 2.60 bits per heavy atom. The third kappa shape index (κ3) is 3.85. The molecule has 0 bridgehead atoms. The fourth-order valence-electron chi connectivity index (χ4n) is 2.67. The topological polar surface area (TPSA) is 86.3 Å². The summed E-state index contributed by atoms with van der Waals surface area (Å²) in [4.78, 5) is 33.5. The minimum atomic E-state index is -0.206. The molecule has 0 aliphatic rings. The van der Waals surface area contributed by atoms with E-state index in [2.05, 4.69) is 9.97 Å². The highest BCUT2D eigenvalue weighted by Gasteiger charge is 2.15. The van der Waals surface area contributed by atoms with Crippen LogP contribution in [0.3, 0.4) is 0 Å². The summed E-state index contributed by atoms with van der Waals surface area (Å²) < 4.78 is 0. The van der Waals surface area contributed by atoms with Crippen molar-refractivity contribution >= 4 is 16.8 Å². The van der Waals surface area contributed by atoms with Gasteiger partial charge in [0.05, 0.1) is 23.9 Å². The second-order valence-electron chi connectivity index (χ2n) is 5.78. The molecule has 0 fully saturated rings. The number of aromatic nitrogens is 2. The molecule has 1 heterocycles. The molecule has 0 aliphatic carbocycles. The van der Waals surface area contributed by atoms with Crippen LogP contribution in [0, 0.1) is 0 Å². The molecule has 0 spiro atoms. The lowest BCUT2D eigenvalue weighted by molar-refractivity contribution is -0.131. The van der Waals surface area contributed by atoms with Gasteiger partial charge in [-0.2, -0.15) is 0 Å². The highest BCUT2D eigenvalue weighted by atomic mass is 16.3. The predicted molar refractivity (Wildman–Crippen MR) is 95.3 cm³/mol. The van der Waals surface area contributed by atoms with Crippen LogP contribution in [-0.4, -0.2) is 32.4 Å². The Morgan fingerprint density at radius 2 is 1.88 bits per heavy atom. The SMILES string of the molecule is CCN(Cc1nc2ccccc2c(=O)[nH]1)C(=O)Cc1ccc(O)cc1. The number of aromatic hydroxyl groups is 1. The summed E-state index contributed by atoms with van der Waals surface area (Å²) in [5, 5.41) is 9.85. The Morgan fingerprint density at radius 1 is 1.16 bits per heavy atom. The summed E-state index contributed by atoms with van der Waals surface area (Å²) in [6, 6.07) is 13.7. The monoisotopic (exact) mass is 337 g/mol. The van der Waals surface area contributed by atoms with Gasteiger partial charge in [0.2, 0.25) is 5.91 Å². The number of phenols is 1. The zero-order valence-electron chi connectivity index (χ0n) is 13.9. The van der Waals surface area contributed by atoms with Crippen LogP contribution >= 0.6 is 0 Å². The molecule has 3 aromatic rings. The molecule has 1 amide bonds. The summed E-state index contributed by atoms with van der Waals surface area (Å²) >= 11 is 0. The first-order valence-electron chi connectivity index (χ1n) is 8.10. The molecule has 128 valence electrons. The van der Waals surface area contributed by atoms with Crippen LogP contribution in [0.2, 0.25) is 0 Å². The van der Waals surface area contributed by atoms with Crippen LogP contribution in [0.25, 0.3) is 10.9 Å². The van der Waals surface area contributed by atoms with Crippen molar-refractivity contribution in [3.05, 3.63) is 70.3 Å². The van der Waals surface area contributed by atoms with E-state index in [4.69, 9.17) is 0 Å². The molecule has 2 aromatic carbocycles. The third-order valence-electron chi connectivity index (χ3n) is 4.03.